The van der Waals surface area contributed by atoms with Gasteiger partial charge in [-0.2, -0.15) is 5.26 Å². The molecule has 0 fully saturated rings. The van der Waals surface area contributed by atoms with Gasteiger partial charge in [0.25, 0.3) is 0 Å². The van der Waals surface area contributed by atoms with Crippen molar-refractivity contribution in [2.75, 3.05) is 6.67 Å². The Hall–Kier alpha value is -3.13. The number of benzene rings is 1. The Kier molecular flexibility index (Phi) is 5.33. The minimum absolute atomic E-state index is 0.188. The lowest BCUT2D eigenvalue weighted by Gasteiger charge is -2.08. The summed E-state index contributed by atoms with van der Waals surface area (Å²) < 4.78 is 13.0. The SMILES string of the molecule is CC1=C(/C#N)C=C(c2ccc(C(=O)O)c(O)c2)C/C=C/C(CF)=C\1. The Morgan fingerprint density at radius 1 is 1.38 bits per heavy atom. The van der Waals surface area contributed by atoms with Crippen LogP contribution in [0.1, 0.15) is 29.3 Å². The largest absolute Gasteiger partial charge is 0.507 e. The van der Waals surface area contributed by atoms with Crippen LogP contribution in [-0.2, 0) is 0 Å². The van der Waals surface area contributed by atoms with Gasteiger partial charge in [0, 0.05) is 0 Å². The smallest absolute Gasteiger partial charge is 0.339 e. The molecule has 0 bridgehead atoms. The van der Waals surface area contributed by atoms with Crippen molar-refractivity contribution >= 4 is 11.5 Å². The molecule has 0 atom stereocenters. The zero-order chi connectivity index (χ0) is 17.7. The molecule has 1 aliphatic rings. The summed E-state index contributed by atoms with van der Waals surface area (Å²) in [5.41, 5.74) is 2.64. The highest BCUT2D eigenvalue weighted by Crippen LogP contribution is 2.28. The molecule has 0 unspecified atom stereocenters. The molecule has 0 heterocycles. The number of alkyl halides is 1. The molecule has 2 rings (SSSR count). The predicted molar refractivity (Wildman–Crippen MR) is 89.2 cm³/mol. The molecule has 0 radical (unpaired) electrons. The van der Waals surface area contributed by atoms with E-state index in [4.69, 9.17) is 5.11 Å². The number of hydrogen-bond acceptors (Lipinski definition) is 3. The second kappa shape index (κ2) is 7.42. The molecule has 122 valence electrons. The van der Waals surface area contributed by atoms with Gasteiger partial charge in [0.2, 0.25) is 0 Å². The van der Waals surface area contributed by atoms with Crippen molar-refractivity contribution in [3.63, 3.8) is 0 Å². The number of nitrogens with zero attached hydrogens (tertiary/aromatic N) is 1. The normalized spacial score (nSPS) is 21.4. The summed E-state index contributed by atoms with van der Waals surface area (Å²) in [6, 6.07) is 6.34. The fourth-order valence-electron chi connectivity index (χ4n) is 2.41. The third-order valence-corrected chi connectivity index (χ3v) is 3.69. The molecule has 4 nitrogen and oxygen atoms in total. The summed E-state index contributed by atoms with van der Waals surface area (Å²) in [6.45, 7) is 1.10. The summed E-state index contributed by atoms with van der Waals surface area (Å²) in [5, 5.41) is 28.2. The molecule has 5 heteroatoms. The number of halogens is 1. The number of allylic oxidation sites excluding steroid dienone is 8. The van der Waals surface area contributed by atoms with Gasteiger partial charge in [0.15, 0.2) is 0 Å². The van der Waals surface area contributed by atoms with Crippen LogP contribution in [0.2, 0.25) is 0 Å². The fraction of sp³-hybridized carbons (Fsp3) is 0.158. The van der Waals surface area contributed by atoms with E-state index in [0.29, 0.717) is 28.7 Å². The van der Waals surface area contributed by atoms with E-state index in [0.717, 1.165) is 5.57 Å². The van der Waals surface area contributed by atoms with Crippen LogP contribution in [-0.4, -0.2) is 22.9 Å². The maximum Gasteiger partial charge on any atom is 0.339 e. The van der Waals surface area contributed by atoms with Gasteiger partial charge in [-0.25, -0.2) is 9.18 Å². The summed E-state index contributed by atoms with van der Waals surface area (Å²) >= 11 is 0. The number of carbonyl (C=O) groups is 1. The topological polar surface area (TPSA) is 81.3 Å². The van der Waals surface area contributed by atoms with Gasteiger partial charge in [-0.3, -0.25) is 0 Å². The van der Waals surface area contributed by atoms with E-state index in [9.17, 15) is 19.6 Å². The number of aromatic hydroxyl groups is 1. The minimum atomic E-state index is -1.22. The van der Waals surface area contributed by atoms with Crippen molar-refractivity contribution in [1.29, 1.82) is 5.26 Å². The van der Waals surface area contributed by atoms with Gasteiger partial charge >= 0.3 is 5.97 Å². The van der Waals surface area contributed by atoms with Gasteiger partial charge < -0.3 is 10.2 Å². The average Bonchev–Trinajstić information content (AvgIpc) is 2.63. The van der Waals surface area contributed by atoms with E-state index in [1.807, 2.05) is 0 Å². The molecule has 1 aliphatic carbocycles. The molecule has 0 aromatic heterocycles. The Morgan fingerprint density at radius 3 is 2.71 bits per heavy atom. The Morgan fingerprint density at radius 2 is 2.12 bits per heavy atom. The van der Waals surface area contributed by atoms with Gasteiger partial charge in [0.05, 0.1) is 11.6 Å². The molecule has 1 aromatic rings. The van der Waals surface area contributed by atoms with Crippen LogP contribution >= 0.6 is 0 Å². The summed E-state index contributed by atoms with van der Waals surface area (Å²) in [6.07, 6.45) is 7.14. The average molecular weight is 325 g/mol. The van der Waals surface area contributed by atoms with E-state index in [-0.39, 0.29) is 11.3 Å². The van der Waals surface area contributed by atoms with Crippen molar-refractivity contribution in [2.24, 2.45) is 0 Å². The van der Waals surface area contributed by atoms with Crippen molar-refractivity contribution in [3.05, 3.63) is 70.3 Å². The first-order valence-electron chi connectivity index (χ1n) is 7.27. The molecular formula is C19H16FNO3. The number of nitriles is 1. The van der Waals surface area contributed by atoms with Gasteiger partial charge in [0.1, 0.15) is 18.0 Å². The van der Waals surface area contributed by atoms with Crippen molar-refractivity contribution in [3.8, 4) is 11.8 Å². The number of aromatic carboxylic acids is 1. The van der Waals surface area contributed by atoms with Crippen LogP contribution in [0.25, 0.3) is 5.57 Å². The van der Waals surface area contributed by atoms with Crippen LogP contribution in [0.3, 0.4) is 0 Å². The maximum atomic E-state index is 13.0. The lowest BCUT2D eigenvalue weighted by atomic mass is 9.97. The lowest BCUT2D eigenvalue weighted by molar-refractivity contribution is 0.0693. The summed E-state index contributed by atoms with van der Waals surface area (Å²) in [7, 11) is 0. The van der Waals surface area contributed by atoms with Gasteiger partial charge in [-0.1, -0.05) is 24.3 Å². The molecule has 0 saturated heterocycles. The third-order valence-electron chi connectivity index (χ3n) is 3.69. The molecule has 0 saturated carbocycles. The first kappa shape index (κ1) is 17.2. The van der Waals surface area contributed by atoms with Crippen LogP contribution in [0, 0.1) is 11.3 Å². The number of carboxylic acids is 1. The zero-order valence-electron chi connectivity index (χ0n) is 13.1. The van der Waals surface area contributed by atoms with E-state index < -0.39 is 12.6 Å². The zero-order valence-corrected chi connectivity index (χ0v) is 13.1. The monoisotopic (exact) mass is 325 g/mol. The van der Waals surface area contributed by atoms with Crippen molar-refractivity contribution in [1.82, 2.24) is 0 Å². The van der Waals surface area contributed by atoms with E-state index >= 15 is 0 Å². The number of rotatable bonds is 3. The van der Waals surface area contributed by atoms with Crippen LogP contribution in [0.4, 0.5) is 4.39 Å². The fourth-order valence-corrected chi connectivity index (χ4v) is 2.41. The third kappa shape index (κ3) is 3.79. The van der Waals surface area contributed by atoms with Crippen LogP contribution in [0.5, 0.6) is 5.75 Å². The van der Waals surface area contributed by atoms with E-state index in [2.05, 4.69) is 6.07 Å². The Labute approximate surface area is 139 Å². The van der Waals surface area contributed by atoms with Gasteiger partial charge in [-0.15, -0.1) is 0 Å². The molecule has 0 amide bonds. The first-order chi connectivity index (χ1) is 11.5. The highest BCUT2D eigenvalue weighted by atomic mass is 19.1. The van der Waals surface area contributed by atoms with E-state index in [1.165, 1.54) is 12.1 Å². The lowest BCUT2D eigenvalue weighted by Crippen LogP contribution is -1.97. The van der Waals surface area contributed by atoms with Gasteiger partial charge in [-0.05, 0) is 53.8 Å². The molecule has 0 spiro atoms. The molecule has 2 N–H and O–H groups in total. The number of phenols is 1. The molecule has 1 aromatic carbocycles. The predicted octanol–water partition coefficient (Wildman–Crippen LogP) is 4.17. The van der Waals surface area contributed by atoms with Crippen LogP contribution in [0.15, 0.2) is 59.2 Å². The molecule has 24 heavy (non-hydrogen) atoms. The van der Waals surface area contributed by atoms with E-state index in [1.54, 1.807) is 37.3 Å². The maximum absolute atomic E-state index is 13.0. The molecule has 0 aliphatic heterocycles. The first-order valence-corrected chi connectivity index (χ1v) is 7.27. The number of hydrogen-bond donors (Lipinski definition) is 2. The quantitative estimate of drug-likeness (QED) is 0.874. The minimum Gasteiger partial charge on any atom is -0.507 e. The Bertz CT molecular complexity index is 839. The highest BCUT2D eigenvalue weighted by molar-refractivity contribution is 5.91. The van der Waals surface area contributed by atoms with Crippen molar-refractivity contribution in [2.45, 2.75) is 13.3 Å². The standard InChI is InChI=1S/C19H16FNO3/c1-12-7-13(10-20)3-2-4-14(8-16(12)11-21)15-5-6-17(19(23)24)18(22)9-15/h2-3,5-9,22H,4,10H2,1H3,(H,23,24)/b3-2+,13-7+,14-8?,16-12-. The summed E-state index contributed by atoms with van der Waals surface area (Å²) in [4.78, 5) is 11.0. The second-order valence-corrected chi connectivity index (χ2v) is 5.37. The summed E-state index contributed by atoms with van der Waals surface area (Å²) in [5.74, 6) is -1.56. The highest BCUT2D eigenvalue weighted by Gasteiger charge is 2.12. The number of carboxylic acid groups (broad SMARTS) is 1. The second-order valence-electron chi connectivity index (χ2n) is 5.37. The van der Waals surface area contributed by atoms with Crippen LogP contribution < -0.4 is 0 Å². The Balaban J connectivity index is 2.53. The molecular weight excluding hydrogens is 309 g/mol. The van der Waals surface area contributed by atoms with Crippen molar-refractivity contribution < 1.29 is 19.4 Å².